The molecule has 2 aromatic rings. The van der Waals surface area contributed by atoms with Gasteiger partial charge in [-0.15, -0.1) is 0 Å². The van der Waals surface area contributed by atoms with E-state index in [4.69, 9.17) is 9.15 Å². The van der Waals surface area contributed by atoms with Gasteiger partial charge < -0.3 is 14.3 Å². The summed E-state index contributed by atoms with van der Waals surface area (Å²) in [5.41, 5.74) is 1.20. The quantitative estimate of drug-likeness (QED) is 0.904. The summed E-state index contributed by atoms with van der Waals surface area (Å²) < 4.78 is 38.1. The lowest BCUT2D eigenvalue weighted by atomic mass is 10.0. The van der Waals surface area contributed by atoms with Crippen molar-refractivity contribution in [2.45, 2.75) is 23.8 Å². The molecule has 1 N–H and O–H groups in total. The fourth-order valence-corrected chi connectivity index (χ4v) is 5.06. The summed E-state index contributed by atoms with van der Waals surface area (Å²) >= 11 is 0. The molecule has 8 heteroatoms. The molecule has 0 amide bonds. The number of carboxylic acids is 1. The van der Waals surface area contributed by atoms with E-state index in [0.29, 0.717) is 36.5 Å². The Morgan fingerprint density at radius 3 is 2.88 bits per heavy atom. The van der Waals surface area contributed by atoms with Gasteiger partial charge in [0.15, 0.2) is 6.04 Å². The second kappa shape index (κ2) is 5.35. The van der Waals surface area contributed by atoms with Crippen LogP contribution in [-0.2, 0) is 27.7 Å². The Hall–Kier alpha value is -2.32. The molecule has 0 saturated heterocycles. The number of rotatable bonds is 3. The number of benzene rings is 1. The second-order valence-corrected chi connectivity index (χ2v) is 7.61. The zero-order chi connectivity index (χ0) is 16.9. The normalized spacial score (nSPS) is 20.2. The van der Waals surface area contributed by atoms with Gasteiger partial charge in [-0.2, -0.15) is 4.31 Å². The molecular weight excluding hydrogens is 334 g/mol. The van der Waals surface area contributed by atoms with E-state index in [0.717, 1.165) is 9.87 Å². The molecule has 3 heterocycles. The third-order valence-electron chi connectivity index (χ3n) is 4.42. The van der Waals surface area contributed by atoms with Crippen LogP contribution in [0, 0.1) is 0 Å². The number of ether oxygens (including phenoxy) is 1. The van der Waals surface area contributed by atoms with Crippen LogP contribution < -0.4 is 4.74 Å². The fourth-order valence-electron chi connectivity index (χ4n) is 3.32. The molecular formula is C16H15NO6S. The number of hydrogen-bond acceptors (Lipinski definition) is 5. The predicted molar refractivity (Wildman–Crippen MR) is 82.3 cm³/mol. The van der Waals surface area contributed by atoms with E-state index in [-0.39, 0.29) is 11.4 Å². The van der Waals surface area contributed by atoms with Crippen molar-refractivity contribution in [2.75, 3.05) is 13.2 Å². The molecule has 1 aromatic heterocycles. The Labute approximate surface area is 138 Å². The maximum Gasteiger partial charge on any atom is 0.326 e. The van der Waals surface area contributed by atoms with Gasteiger partial charge in [-0.1, -0.05) is 12.1 Å². The van der Waals surface area contributed by atoms with Gasteiger partial charge in [0.1, 0.15) is 16.4 Å². The van der Waals surface area contributed by atoms with Crippen LogP contribution in [0.4, 0.5) is 0 Å². The molecule has 1 unspecified atom stereocenters. The average Bonchev–Trinajstić information content (AvgIpc) is 3.21. The van der Waals surface area contributed by atoms with Crippen molar-refractivity contribution >= 4 is 16.0 Å². The molecule has 0 spiro atoms. The van der Waals surface area contributed by atoms with Gasteiger partial charge in [0.25, 0.3) is 0 Å². The highest BCUT2D eigenvalue weighted by Gasteiger charge is 2.43. The van der Waals surface area contributed by atoms with Crippen molar-refractivity contribution < 1.29 is 27.5 Å². The van der Waals surface area contributed by atoms with E-state index in [1.807, 2.05) is 6.07 Å². The fraction of sp³-hybridized carbons (Fsp3) is 0.312. The van der Waals surface area contributed by atoms with Crippen molar-refractivity contribution in [3.8, 4) is 5.75 Å². The van der Waals surface area contributed by atoms with Crippen molar-refractivity contribution in [3.63, 3.8) is 0 Å². The predicted octanol–water partition coefficient (Wildman–Crippen LogP) is 1.59. The van der Waals surface area contributed by atoms with Crippen molar-refractivity contribution in [3.05, 3.63) is 47.4 Å². The van der Waals surface area contributed by atoms with E-state index >= 15 is 0 Å². The van der Waals surface area contributed by atoms with Crippen molar-refractivity contribution in [2.24, 2.45) is 0 Å². The number of para-hydroxylation sites is 1. The van der Waals surface area contributed by atoms with E-state index in [1.54, 1.807) is 6.07 Å². The minimum Gasteiger partial charge on any atom is -0.492 e. The SMILES string of the molecule is O=C(O)C1c2ccoc2CCN1S(=O)(=O)c1cccc2c1OCC2. The number of carbonyl (C=O) groups is 1. The molecule has 0 saturated carbocycles. The number of aliphatic carboxylic acids is 1. The topological polar surface area (TPSA) is 97.0 Å². The molecule has 4 rings (SSSR count). The van der Waals surface area contributed by atoms with Gasteiger partial charge in [-0.05, 0) is 17.7 Å². The standard InChI is InChI=1S/C16H15NO6S/c18-16(19)14-11-6-9-22-12(11)4-7-17(14)24(20,21)13-3-1-2-10-5-8-23-15(10)13/h1-3,6,9,14H,4-5,7-8H2,(H,18,19). The first-order valence-electron chi connectivity index (χ1n) is 7.56. The third-order valence-corrected chi connectivity index (χ3v) is 6.31. The molecule has 1 aromatic carbocycles. The monoisotopic (exact) mass is 349 g/mol. The highest BCUT2D eigenvalue weighted by molar-refractivity contribution is 7.89. The van der Waals surface area contributed by atoms with Crippen LogP contribution in [-0.4, -0.2) is 37.0 Å². The summed E-state index contributed by atoms with van der Waals surface area (Å²) in [7, 11) is -4.02. The molecule has 126 valence electrons. The number of sulfonamides is 1. The van der Waals surface area contributed by atoms with Gasteiger partial charge in [0.2, 0.25) is 10.0 Å². The maximum atomic E-state index is 13.1. The zero-order valence-electron chi connectivity index (χ0n) is 12.6. The van der Waals surface area contributed by atoms with Crippen LogP contribution in [0.15, 0.2) is 39.8 Å². The van der Waals surface area contributed by atoms with Crippen LogP contribution in [0.1, 0.15) is 22.9 Å². The van der Waals surface area contributed by atoms with Gasteiger partial charge >= 0.3 is 5.97 Å². The number of carboxylic acid groups (broad SMARTS) is 1. The maximum absolute atomic E-state index is 13.1. The second-order valence-electron chi connectivity index (χ2n) is 5.75. The lowest BCUT2D eigenvalue weighted by molar-refractivity contribution is -0.142. The molecule has 7 nitrogen and oxygen atoms in total. The highest BCUT2D eigenvalue weighted by Crippen LogP contribution is 2.39. The smallest absolute Gasteiger partial charge is 0.326 e. The minimum absolute atomic E-state index is 0.0238. The van der Waals surface area contributed by atoms with Gasteiger partial charge in [-0.3, -0.25) is 4.79 Å². The summed E-state index contributed by atoms with van der Waals surface area (Å²) in [6.07, 6.45) is 2.37. The Morgan fingerprint density at radius 1 is 1.25 bits per heavy atom. The van der Waals surface area contributed by atoms with Crippen LogP contribution in [0.25, 0.3) is 0 Å². The Bertz CT molecular complexity index is 916. The molecule has 0 aliphatic carbocycles. The van der Waals surface area contributed by atoms with Gasteiger partial charge in [-0.25, -0.2) is 8.42 Å². The molecule has 1 atom stereocenters. The molecule has 0 bridgehead atoms. The van der Waals surface area contributed by atoms with Gasteiger partial charge in [0.05, 0.1) is 12.9 Å². The molecule has 0 fully saturated rings. The number of hydrogen-bond donors (Lipinski definition) is 1. The first-order chi connectivity index (χ1) is 11.5. The number of furan rings is 1. The first kappa shape index (κ1) is 15.2. The summed E-state index contributed by atoms with van der Waals surface area (Å²) in [5, 5.41) is 9.60. The first-order valence-corrected chi connectivity index (χ1v) is 9.00. The zero-order valence-corrected chi connectivity index (χ0v) is 13.5. The van der Waals surface area contributed by atoms with Crippen molar-refractivity contribution in [1.82, 2.24) is 4.31 Å². The van der Waals surface area contributed by atoms with E-state index in [9.17, 15) is 18.3 Å². The number of fused-ring (bicyclic) bond motifs is 2. The lowest BCUT2D eigenvalue weighted by Crippen LogP contribution is -2.43. The molecule has 2 aliphatic rings. The molecule has 2 aliphatic heterocycles. The largest absolute Gasteiger partial charge is 0.492 e. The van der Waals surface area contributed by atoms with Crippen LogP contribution in [0.3, 0.4) is 0 Å². The lowest BCUT2D eigenvalue weighted by Gasteiger charge is -2.31. The van der Waals surface area contributed by atoms with E-state index in [2.05, 4.69) is 0 Å². The third kappa shape index (κ3) is 2.14. The van der Waals surface area contributed by atoms with Crippen LogP contribution >= 0.6 is 0 Å². The summed E-state index contributed by atoms with van der Waals surface area (Å²) in [6.45, 7) is 0.472. The Morgan fingerprint density at radius 2 is 2.08 bits per heavy atom. The van der Waals surface area contributed by atoms with E-state index < -0.39 is 22.0 Å². The summed E-state index contributed by atoms with van der Waals surface area (Å²) in [6, 6.07) is 5.16. The van der Waals surface area contributed by atoms with Gasteiger partial charge in [0, 0.05) is 24.9 Å². The summed E-state index contributed by atoms with van der Waals surface area (Å²) in [5.74, 6) is -0.377. The van der Waals surface area contributed by atoms with Crippen LogP contribution in [0.2, 0.25) is 0 Å². The molecule has 0 radical (unpaired) electrons. The minimum atomic E-state index is -4.02. The Balaban J connectivity index is 1.83. The average molecular weight is 349 g/mol. The summed E-state index contributed by atoms with van der Waals surface area (Å²) in [4.78, 5) is 11.8. The molecule has 24 heavy (non-hydrogen) atoms. The number of nitrogens with zero attached hydrogens (tertiary/aromatic N) is 1. The van der Waals surface area contributed by atoms with Crippen molar-refractivity contribution in [1.29, 1.82) is 0 Å². The van der Waals surface area contributed by atoms with Crippen LogP contribution in [0.5, 0.6) is 5.75 Å². The Kier molecular flexibility index (Phi) is 3.40. The highest BCUT2D eigenvalue weighted by atomic mass is 32.2. The van der Waals surface area contributed by atoms with E-state index in [1.165, 1.54) is 18.4 Å².